The van der Waals surface area contributed by atoms with Crippen LogP contribution < -0.4 is 11.5 Å². The van der Waals surface area contributed by atoms with Crippen molar-refractivity contribution >= 4 is 11.9 Å². The van der Waals surface area contributed by atoms with Crippen molar-refractivity contribution in [1.29, 1.82) is 0 Å². The highest BCUT2D eigenvalue weighted by atomic mass is 15.0. The van der Waals surface area contributed by atoms with E-state index < -0.39 is 0 Å². The van der Waals surface area contributed by atoms with Crippen LogP contribution in [-0.2, 0) is 0 Å². The Bertz CT molecular complexity index is 528. The monoisotopic (exact) mass is 250 g/mol. The molecular formula is C12H18N6. The number of anilines is 2. The summed E-state index contributed by atoms with van der Waals surface area (Å²) in [7, 11) is 0. The van der Waals surface area contributed by atoms with Gasteiger partial charge in [-0.05, 0) is 39.3 Å². The van der Waals surface area contributed by atoms with E-state index in [0.29, 0.717) is 17.4 Å². The largest absolute Gasteiger partial charge is 0.368 e. The van der Waals surface area contributed by atoms with Crippen LogP contribution in [0.5, 0.6) is 0 Å². The fourth-order valence-corrected chi connectivity index (χ4v) is 1.19. The van der Waals surface area contributed by atoms with Crippen molar-refractivity contribution in [2.75, 3.05) is 11.5 Å². The third-order valence-electron chi connectivity index (χ3n) is 2.09. The van der Waals surface area contributed by atoms with Crippen LogP contribution in [0.2, 0.25) is 0 Å². The zero-order valence-corrected chi connectivity index (χ0v) is 10.9. The zero-order valence-electron chi connectivity index (χ0n) is 12.9. The third kappa shape index (κ3) is 4.32. The van der Waals surface area contributed by atoms with Gasteiger partial charge in [0.25, 0.3) is 0 Å². The second-order valence-electron chi connectivity index (χ2n) is 3.78. The van der Waals surface area contributed by atoms with Gasteiger partial charge in [0.15, 0.2) is 0 Å². The minimum Gasteiger partial charge on any atom is -0.368 e. The van der Waals surface area contributed by atoms with Gasteiger partial charge in [-0.15, -0.1) is 0 Å². The minimum absolute atomic E-state index is 0.174. The van der Waals surface area contributed by atoms with Gasteiger partial charge >= 0.3 is 0 Å². The van der Waals surface area contributed by atoms with Crippen LogP contribution in [0, 0.1) is 27.7 Å². The lowest BCUT2D eigenvalue weighted by molar-refractivity contribution is 1.07. The third-order valence-corrected chi connectivity index (χ3v) is 2.09. The van der Waals surface area contributed by atoms with Crippen LogP contribution in [0.4, 0.5) is 11.9 Å². The number of rotatable bonds is 0. The molecule has 0 spiro atoms. The molecule has 0 saturated heterocycles. The van der Waals surface area contributed by atoms with Crippen molar-refractivity contribution < 1.29 is 2.74 Å². The Morgan fingerprint density at radius 1 is 0.944 bits per heavy atom. The molecule has 0 aliphatic rings. The van der Waals surface area contributed by atoms with E-state index >= 15 is 0 Å². The van der Waals surface area contributed by atoms with Gasteiger partial charge in [-0.3, -0.25) is 0 Å². The Labute approximate surface area is 109 Å². The smallest absolute Gasteiger partial charge is 0.220 e. The average Bonchev–Trinajstić information content (AvgIpc) is 2.33. The average molecular weight is 250 g/mol. The molecule has 0 bridgehead atoms. The summed E-state index contributed by atoms with van der Waals surface area (Å²) in [5.41, 5.74) is 13.4. The Balaban J connectivity index is 0.000000200. The van der Waals surface area contributed by atoms with E-state index in [4.69, 9.17) is 14.2 Å². The van der Waals surface area contributed by atoms with E-state index in [0.717, 1.165) is 11.3 Å². The maximum atomic E-state index is 7.36. The summed E-state index contributed by atoms with van der Waals surface area (Å²) < 4.78 is 14.6. The van der Waals surface area contributed by atoms with E-state index in [1.54, 1.807) is 20.8 Å². The lowest BCUT2D eigenvalue weighted by Gasteiger charge is -1.96. The van der Waals surface area contributed by atoms with Crippen LogP contribution in [0.15, 0.2) is 12.2 Å². The molecule has 0 unspecified atom stereocenters. The Morgan fingerprint density at radius 2 is 1.50 bits per heavy atom. The van der Waals surface area contributed by atoms with Crippen molar-refractivity contribution in [1.82, 2.24) is 19.9 Å². The molecule has 6 heteroatoms. The number of hydrogen-bond donors (Lipinski definition) is 2. The molecule has 2 aromatic heterocycles. The maximum absolute atomic E-state index is 7.36. The van der Waals surface area contributed by atoms with Crippen LogP contribution in [0.25, 0.3) is 0 Å². The maximum Gasteiger partial charge on any atom is 0.220 e. The molecule has 0 aliphatic carbocycles. The summed E-state index contributed by atoms with van der Waals surface area (Å²) >= 11 is 0. The van der Waals surface area contributed by atoms with Gasteiger partial charge in [-0.1, -0.05) is 0 Å². The fraction of sp³-hybridized carbons (Fsp3) is 0.333. The minimum atomic E-state index is 0.174. The number of aryl methyl sites for hydroxylation is 3. The summed E-state index contributed by atoms with van der Waals surface area (Å²) in [6.45, 7) is 7.10. The molecule has 96 valence electrons. The molecule has 18 heavy (non-hydrogen) atoms. The van der Waals surface area contributed by atoms with E-state index in [1.807, 2.05) is 6.92 Å². The normalized spacial score (nSPS) is 11.1. The van der Waals surface area contributed by atoms with Gasteiger partial charge < -0.3 is 11.5 Å². The standard InChI is InChI=1S/2C6H9N3/c1-4-3-8-6(7)9-5(4)2;1-4-3-5(2)9-6(7)8-4/h2*3H,1-2H3,(H2,7,8,9)/i2*3T. The Hall–Kier alpha value is -2.24. The van der Waals surface area contributed by atoms with Gasteiger partial charge in [0.2, 0.25) is 11.9 Å². The van der Waals surface area contributed by atoms with E-state index in [9.17, 15) is 0 Å². The van der Waals surface area contributed by atoms with Crippen molar-refractivity contribution in [2.24, 2.45) is 0 Å². The second kappa shape index (κ2) is 5.90. The highest BCUT2D eigenvalue weighted by Gasteiger charge is 1.92. The number of nitrogens with zero attached hydrogens (tertiary/aromatic N) is 4. The summed E-state index contributed by atoms with van der Waals surface area (Å²) in [5, 5.41) is 0. The van der Waals surface area contributed by atoms with Gasteiger partial charge in [0, 0.05) is 23.3 Å². The van der Waals surface area contributed by atoms with E-state index in [2.05, 4.69) is 19.9 Å². The molecule has 2 heterocycles. The Kier molecular flexibility index (Phi) is 3.57. The summed E-state index contributed by atoms with van der Waals surface area (Å²) in [5.74, 6) is 0.416. The molecule has 0 aliphatic heterocycles. The van der Waals surface area contributed by atoms with Gasteiger partial charge in [-0.2, -0.15) is 0 Å². The molecule has 4 N–H and O–H groups in total. The predicted octanol–water partition coefficient (Wildman–Crippen LogP) is 1.35. The molecule has 2 aromatic rings. The lowest BCUT2D eigenvalue weighted by Crippen LogP contribution is -1.97. The van der Waals surface area contributed by atoms with Gasteiger partial charge in [-0.25, -0.2) is 19.9 Å². The van der Waals surface area contributed by atoms with Crippen LogP contribution in [0.1, 0.15) is 25.4 Å². The summed E-state index contributed by atoms with van der Waals surface area (Å²) in [6, 6.07) is 0.370. The van der Waals surface area contributed by atoms with E-state index in [-0.39, 0.29) is 18.1 Å². The highest BCUT2D eigenvalue weighted by molar-refractivity contribution is 5.22. The van der Waals surface area contributed by atoms with Crippen molar-refractivity contribution in [3.05, 3.63) is 34.9 Å². The first-order valence-electron chi connectivity index (χ1n) is 6.37. The van der Waals surface area contributed by atoms with Crippen molar-refractivity contribution in [3.8, 4) is 0 Å². The second-order valence-corrected chi connectivity index (χ2v) is 3.78. The molecular weight excluding hydrogens is 228 g/mol. The zero-order chi connectivity index (χ0) is 15.4. The molecule has 0 aromatic carbocycles. The predicted molar refractivity (Wildman–Crippen MR) is 71.8 cm³/mol. The van der Waals surface area contributed by atoms with Gasteiger partial charge in [0.05, 0.1) is 2.74 Å². The topological polar surface area (TPSA) is 104 Å². The number of aromatic nitrogens is 4. The quantitative estimate of drug-likeness (QED) is 0.731. The van der Waals surface area contributed by atoms with Crippen LogP contribution in [-0.4, -0.2) is 19.9 Å². The SMILES string of the molecule is [3H]c1c(C)nc(N)nc1C.[3H]c1nc(N)nc(C)c1C. The van der Waals surface area contributed by atoms with Crippen LogP contribution in [0.3, 0.4) is 0 Å². The number of nitrogen functional groups attached to an aromatic ring is 2. The van der Waals surface area contributed by atoms with Crippen molar-refractivity contribution in [3.63, 3.8) is 0 Å². The molecule has 2 rings (SSSR count). The first kappa shape index (κ1) is 10.9. The molecule has 0 fully saturated rings. The van der Waals surface area contributed by atoms with Gasteiger partial charge in [0.1, 0.15) is 0 Å². The molecule has 6 nitrogen and oxygen atoms in total. The molecule has 0 atom stereocenters. The first-order chi connectivity index (χ1) is 9.22. The highest BCUT2D eigenvalue weighted by Crippen LogP contribution is 2.01. The summed E-state index contributed by atoms with van der Waals surface area (Å²) in [4.78, 5) is 15.2. The lowest BCUT2D eigenvalue weighted by atomic mass is 10.3. The first-order valence-corrected chi connectivity index (χ1v) is 5.37. The summed E-state index contributed by atoms with van der Waals surface area (Å²) in [6.07, 6.45) is 0.213. The molecule has 0 amide bonds. The van der Waals surface area contributed by atoms with Crippen molar-refractivity contribution in [2.45, 2.75) is 27.7 Å². The molecule has 0 radical (unpaired) electrons. The number of nitrogens with two attached hydrogens (primary N) is 2. The number of hydrogen-bond acceptors (Lipinski definition) is 6. The fourth-order valence-electron chi connectivity index (χ4n) is 1.19. The molecule has 0 saturated carbocycles. The Morgan fingerprint density at radius 3 is 2.00 bits per heavy atom. The van der Waals surface area contributed by atoms with E-state index in [1.165, 1.54) is 0 Å². The van der Waals surface area contributed by atoms with Crippen LogP contribution >= 0.6 is 0 Å².